The van der Waals surface area contributed by atoms with Crippen molar-refractivity contribution in [1.82, 2.24) is 5.32 Å². The number of aryl methyl sites for hydroxylation is 1. The number of rotatable bonds is 6. The lowest BCUT2D eigenvalue weighted by Crippen LogP contribution is -2.32. The highest BCUT2D eigenvalue weighted by Crippen LogP contribution is 2.30. The van der Waals surface area contributed by atoms with Gasteiger partial charge >= 0.3 is 0 Å². The highest BCUT2D eigenvalue weighted by atomic mass is 16.5. The highest BCUT2D eigenvalue weighted by Gasteiger charge is 2.26. The van der Waals surface area contributed by atoms with E-state index < -0.39 is 0 Å². The maximum absolute atomic E-state index is 6.04. The van der Waals surface area contributed by atoms with Gasteiger partial charge in [-0.2, -0.15) is 0 Å². The first-order valence-corrected chi connectivity index (χ1v) is 7.31. The van der Waals surface area contributed by atoms with Gasteiger partial charge in [0.2, 0.25) is 0 Å². The van der Waals surface area contributed by atoms with E-state index in [1.807, 2.05) is 14.0 Å². The summed E-state index contributed by atoms with van der Waals surface area (Å²) in [6.07, 6.45) is 3.69. The molecule has 0 bridgehead atoms. The van der Waals surface area contributed by atoms with E-state index in [4.69, 9.17) is 9.47 Å². The minimum atomic E-state index is 0.245. The third kappa shape index (κ3) is 3.78. The second-order valence-electron chi connectivity index (χ2n) is 4.96. The zero-order valence-electron chi connectivity index (χ0n) is 12.0. The summed E-state index contributed by atoms with van der Waals surface area (Å²) in [6.45, 7) is 4.13. The Balaban J connectivity index is 2.03. The van der Waals surface area contributed by atoms with Crippen molar-refractivity contribution in [3.8, 4) is 0 Å². The lowest BCUT2D eigenvalue weighted by Gasteiger charge is -2.26. The lowest BCUT2D eigenvalue weighted by atomic mass is 9.98. The van der Waals surface area contributed by atoms with E-state index in [0.29, 0.717) is 19.3 Å². The zero-order chi connectivity index (χ0) is 13.5. The molecule has 1 N–H and O–H groups in total. The Morgan fingerprint density at radius 1 is 1.26 bits per heavy atom. The first-order chi connectivity index (χ1) is 9.36. The number of benzene rings is 1. The summed E-state index contributed by atoms with van der Waals surface area (Å²) < 4.78 is 11.4. The van der Waals surface area contributed by atoms with E-state index in [0.717, 1.165) is 19.4 Å². The van der Waals surface area contributed by atoms with Crippen LogP contribution in [0.1, 0.15) is 36.9 Å². The first-order valence-electron chi connectivity index (χ1n) is 7.31. The fourth-order valence-corrected chi connectivity index (χ4v) is 2.85. The molecule has 0 aliphatic heterocycles. The summed E-state index contributed by atoms with van der Waals surface area (Å²) in [6, 6.07) is 9.00. The van der Waals surface area contributed by atoms with Crippen LogP contribution in [-0.2, 0) is 15.9 Å². The van der Waals surface area contributed by atoms with Crippen LogP contribution in [0.4, 0.5) is 0 Å². The van der Waals surface area contributed by atoms with Crippen LogP contribution in [-0.4, -0.2) is 33.0 Å². The van der Waals surface area contributed by atoms with Gasteiger partial charge in [-0.25, -0.2) is 0 Å². The maximum Gasteiger partial charge on any atom is 0.0771 e. The molecule has 19 heavy (non-hydrogen) atoms. The molecule has 1 aliphatic carbocycles. The minimum Gasteiger partial charge on any atom is -0.379 e. The molecule has 0 spiro atoms. The van der Waals surface area contributed by atoms with Crippen LogP contribution in [0.5, 0.6) is 0 Å². The molecule has 0 heterocycles. The van der Waals surface area contributed by atoms with Crippen LogP contribution < -0.4 is 5.32 Å². The molecule has 0 amide bonds. The van der Waals surface area contributed by atoms with Crippen LogP contribution in [0, 0.1) is 0 Å². The Morgan fingerprint density at radius 2 is 2.11 bits per heavy atom. The van der Waals surface area contributed by atoms with Crippen LogP contribution in [0.25, 0.3) is 0 Å². The molecule has 1 aromatic carbocycles. The van der Waals surface area contributed by atoms with Gasteiger partial charge in [-0.05, 0) is 44.4 Å². The Morgan fingerprint density at radius 3 is 2.89 bits per heavy atom. The van der Waals surface area contributed by atoms with Crippen molar-refractivity contribution >= 4 is 0 Å². The second kappa shape index (κ2) is 7.63. The van der Waals surface area contributed by atoms with Crippen LogP contribution in [0.3, 0.4) is 0 Å². The van der Waals surface area contributed by atoms with Crippen molar-refractivity contribution in [2.45, 2.75) is 38.3 Å². The molecule has 1 aromatic rings. The fourth-order valence-electron chi connectivity index (χ4n) is 2.85. The SMILES string of the molecule is CCOCCOC1CCCc2ccccc2C1NC. The van der Waals surface area contributed by atoms with Gasteiger partial charge in [0, 0.05) is 6.61 Å². The lowest BCUT2D eigenvalue weighted by molar-refractivity contribution is -0.0121. The van der Waals surface area contributed by atoms with Gasteiger partial charge in [-0.3, -0.25) is 0 Å². The number of ether oxygens (including phenoxy) is 2. The fraction of sp³-hybridized carbons (Fsp3) is 0.625. The van der Waals surface area contributed by atoms with Crippen molar-refractivity contribution in [3.63, 3.8) is 0 Å². The predicted molar refractivity (Wildman–Crippen MR) is 77.4 cm³/mol. The normalized spacial score (nSPS) is 22.8. The van der Waals surface area contributed by atoms with Crippen LogP contribution >= 0.6 is 0 Å². The Kier molecular flexibility index (Phi) is 5.83. The number of fused-ring (bicyclic) bond motifs is 1. The quantitative estimate of drug-likeness (QED) is 0.632. The molecular formula is C16H25NO2. The number of hydrogen-bond donors (Lipinski definition) is 1. The summed E-state index contributed by atoms with van der Waals surface area (Å²) >= 11 is 0. The Bertz CT molecular complexity index is 381. The van der Waals surface area contributed by atoms with Gasteiger partial charge < -0.3 is 14.8 Å². The van der Waals surface area contributed by atoms with Gasteiger partial charge in [0.15, 0.2) is 0 Å². The standard InChI is InChI=1S/C16H25NO2/c1-3-18-11-12-19-15-10-6-8-13-7-4-5-9-14(13)16(15)17-2/h4-5,7,9,15-17H,3,6,8,10-12H2,1-2H3. The maximum atomic E-state index is 6.04. The zero-order valence-corrected chi connectivity index (χ0v) is 12.0. The van der Waals surface area contributed by atoms with E-state index >= 15 is 0 Å². The van der Waals surface area contributed by atoms with E-state index in [1.165, 1.54) is 17.5 Å². The third-order valence-electron chi connectivity index (χ3n) is 3.77. The predicted octanol–water partition coefficient (Wildman–Crippen LogP) is 2.71. The smallest absolute Gasteiger partial charge is 0.0771 e. The molecule has 1 aliphatic rings. The molecule has 0 saturated heterocycles. The third-order valence-corrected chi connectivity index (χ3v) is 3.77. The summed E-state index contributed by atoms with van der Waals surface area (Å²) in [4.78, 5) is 0. The number of nitrogens with one attached hydrogen (secondary N) is 1. The minimum absolute atomic E-state index is 0.245. The first kappa shape index (κ1) is 14.5. The molecule has 0 aromatic heterocycles. The average molecular weight is 263 g/mol. The molecule has 2 rings (SSSR count). The summed E-state index contributed by atoms with van der Waals surface area (Å²) in [7, 11) is 2.02. The largest absolute Gasteiger partial charge is 0.379 e. The van der Waals surface area contributed by atoms with Crippen molar-refractivity contribution < 1.29 is 9.47 Å². The highest BCUT2D eigenvalue weighted by molar-refractivity contribution is 5.32. The van der Waals surface area contributed by atoms with Crippen molar-refractivity contribution in [1.29, 1.82) is 0 Å². The van der Waals surface area contributed by atoms with Crippen LogP contribution in [0.15, 0.2) is 24.3 Å². The van der Waals surface area contributed by atoms with E-state index in [2.05, 4.69) is 29.6 Å². The summed E-state index contributed by atoms with van der Waals surface area (Å²) in [5, 5.41) is 3.43. The van der Waals surface area contributed by atoms with E-state index in [-0.39, 0.29) is 6.10 Å². The van der Waals surface area contributed by atoms with E-state index in [9.17, 15) is 0 Å². The number of hydrogen-bond acceptors (Lipinski definition) is 3. The van der Waals surface area contributed by atoms with Gasteiger partial charge in [0.1, 0.15) is 0 Å². The van der Waals surface area contributed by atoms with Gasteiger partial charge in [-0.1, -0.05) is 24.3 Å². The molecule has 3 nitrogen and oxygen atoms in total. The van der Waals surface area contributed by atoms with Crippen molar-refractivity contribution in [2.75, 3.05) is 26.9 Å². The van der Waals surface area contributed by atoms with Gasteiger partial charge in [-0.15, -0.1) is 0 Å². The molecule has 0 radical (unpaired) electrons. The Labute approximate surface area is 116 Å². The van der Waals surface area contributed by atoms with Gasteiger partial charge in [0.05, 0.1) is 25.4 Å². The molecule has 0 fully saturated rings. The molecule has 2 unspecified atom stereocenters. The Hall–Kier alpha value is -0.900. The van der Waals surface area contributed by atoms with Crippen molar-refractivity contribution in [3.05, 3.63) is 35.4 Å². The second-order valence-corrected chi connectivity index (χ2v) is 4.96. The molecule has 106 valence electrons. The van der Waals surface area contributed by atoms with E-state index in [1.54, 1.807) is 0 Å². The van der Waals surface area contributed by atoms with Crippen molar-refractivity contribution in [2.24, 2.45) is 0 Å². The van der Waals surface area contributed by atoms with Crippen LogP contribution in [0.2, 0.25) is 0 Å². The molecule has 2 atom stereocenters. The van der Waals surface area contributed by atoms with Gasteiger partial charge in [0.25, 0.3) is 0 Å². The summed E-state index contributed by atoms with van der Waals surface area (Å²) in [5.74, 6) is 0. The summed E-state index contributed by atoms with van der Waals surface area (Å²) in [5.41, 5.74) is 2.85. The monoisotopic (exact) mass is 263 g/mol. The molecular weight excluding hydrogens is 238 g/mol. The molecule has 3 heteroatoms. The molecule has 0 saturated carbocycles. The number of likely N-dealkylation sites (N-methyl/N-ethyl adjacent to an activating group) is 1. The average Bonchev–Trinajstić information content (AvgIpc) is 2.62. The topological polar surface area (TPSA) is 30.5 Å².